The van der Waals surface area contributed by atoms with Crippen molar-refractivity contribution >= 4 is 29.5 Å². The molecule has 1 spiro atoms. The first-order valence-electron chi connectivity index (χ1n) is 14.6. The summed E-state index contributed by atoms with van der Waals surface area (Å²) in [6.45, 7) is 21.6. The number of aliphatic hydroxyl groups excluding tert-OH is 1. The van der Waals surface area contributed by atoms with Gasteiger partial charge >= 0.3 is 5.97 Å². The fourth-order valence-corrected chi connectivity index (χ4v) is 9.91. The average molecular weight is 563 g/mol. The number of unbranched alkanes of at least 4 members (excludes halogenated alkanes) is 2. The van der Waals surface area contributed by atoms with Crippen molar-refractivity contribution in [2.75, 3.05) is 26.3 Å². The lowest BCUT2D eigenvalue weighted by Crippen LogP contribution is -2.61. The van der Waals surface area contributed by atoms with Crippen LogP contribution in [0.15, 0.2) is 25.3 Å². The van der Waals surface area contributed by atoms with Gasteiger partial charge in [-0.2, -0.15) is 0 Å². The van der Waals surface area contributed by atoms with Crippen molar-refractivity contribution in [3.63, 3.8) is 0 Å². The van der Waals surface area contributed by atoms with Gasteiger partial charge < -0.3 is 19.6 Å². The normalized spacial score (nSPS) is 29.9. The van der Waals surface area contributed by atoms with E-state index in [1.54, 1.807) is 28.8 Å². The number of aliphatic hydroxyl groups is 1. The number of hydrogen-bond acceptors (Lipinski definition) is 6. The van der Waals surface area contributed by atoms with Crippen LogP contribution in [0.25, 0.3) is 0 Å². The summed E-state index contributed by atoms with van der Waals surface area (Å²) in [5.41, 5.74) is -0.475. The van der Waals surface area contributed by atoms with E-state index in [0.29, 0.717) is 39.0 Å². The molecule has 0 aromatic carbocycles. The summed E-state index contributed by atoms with van der Waals surface area (Å²) < 4.78 is 5.00. The van der Waals surface area contributed by atoms with Crippen molar-refractivity contribution in [3.8, 4) is 0 Å². The number of esters is 1. The number of nitrogens with zero attached hydrogens (tertiary/aromatic N) is 2. The maximum atomic E-state index is 14.7. The molecule has 3 aliphatic heterocycles. The van der Waals surface area contributed by atoms with Gasteiger partial charge in [0.05, 0.1) is 23.2 Å². The van der Waals surface area contributed by atoms with Crippen LogP contribution in [0, 0.1) is 23.2 Å². The van der Waals surface area contributed by atoms with Gasteiger partial charge in [-0.05, 0) is 63.7 Å². The Morgan fingerprint density at radius 2 is 1.87 bits per heavy atom. The Bertz CT molecular complexity index is 944. The third kappa shape index (κ3) is 6.12. The molecule has 39 heavy (non-hydrogen) atoms. The lowest BCUT2D eigenvalue weighted by molar-refractivity contribution is -0.154. The van der Waals surface area contributed by atoms with Crippen LogP contribution >= 0.6 is 11.8 Å². The fraction of sp³-hybridized carbons (Fsp3) is 0.774. The topological polar surface area (TPSA) is 87.1 Å². The molecule has 0 radical (unpaired) electrons. The third-order valence-corrected chi connectivity index (χ3v) is 10.7. The molecule has 0 aliphatic carbocycles. The van der Waals surface area contributed by atoms with E-state index in [9.17, 15) is 19.5 Å². The lowest BCUT2D eigenvalue weighted by atomic mass is 9.66. The molecule has 6 atom stereocenters. The van der Waals surface area contributed by atoms with Crippen molar-refractivity contribution in [2.24, 2.45) is 23.2 Å². The number of likely N-dealkylation sites (tertiary alicyclic amines) is 1. The summed E-state index contributed by atoms with van der Waals surface area (Å²) in [5, 5.41) is 9.40. The van der Waals surface area contributed by atoms with Crippen molar-refractivity contribution in [1.29, 1.82) is 0 Å². The summed E-state index contributed by atoms with van der Waals surface area (Å²) in [6, 6.07) is -0.670. The molecule has 2 bridgehead atoms. The van der Waals surface area contributed by atoms with Crippen LogP contribution in [0.3, 0.4) is 0 Å². The summed E-state index contributed by atoms with van der Waals surface area (Å²) >= 11 is 1.68. The average Bonchev–Trinajstić information content (AvgIpc) is 3.42. The zero-order valence-corrected chi connectivity index (χ0v) is 25.7. The number of allylic oxidation sites excluding steroid dienone is 1. The smallest absolute Gasteiger partial charge is 0.310 e. The number of hydrogen-bond donors (Lipinski definition) is 1. The van der Waals surface area contributed by atoms with Crippen LogP contribution in [0.4, 0.5) is 0 Å². The van der Waals surface area contributed by atoms with Crippen LogP contribution in [-0.2, 0) is 19.1 Å². The molecule has 3 saturated heterocycles. The van der Waals surface area contributed by atoms with E-state index in [4.69, 9.17) is 4.74 Å². The number of carbonyl (C=O) groups is 3. The van der Waals surface area contributed by atoms with Crippen LogP contribution in [-0.4, -0.2) is 80.6 Å². The zero-order chi connectivity index (χ0) is 29.2. The number of fused-ring (bicyclic) bond motifs is 1. The molecule has 0 aromatic heterocycles. The Morgan fingerprint density at radius 3 is 2.46 bits per heavy atom. The Kier molecular flexibility index (Phi) is 10.1. The van der Waals surface area contributed by atoms with Gasteiger partial charge in [0.2, 0.25) is 11.8 Å². The van der Waals surface area contributed by atoms with Crippen LogP contribution in [0.5, 0.6) is 0 Å². The number of carbonyl (C=O) groups excluding carboxylic acids is 3. The van der Waals surface area contributed by atoms with Crippen LogP contribution in [0.1, 0.15) is 80.1 Å². The number of rotatable bonds is 14. The second kappa shape index (κ2) is 12.4. The van der Waals surface area contributed by atoms with Gasteiger partial charge in [-0.3, -0.25) is 14.4 Å². The second-order valence-corrected chi connectivity index (χ2v) is 14.9. The largest absolute Gasteiger partial charge is 0.465 e. The minimum Gasteiger partial charge on any atom is -0.465 e. The van der Waals surface area contributed by atoms with E-state index in [0.717, 1.165) is 19.3 Å². The molecule has 3 fully saturated rings. The molecule has 220 valence electrons. The standard InChI is InChI=1S/C31H50N2O5S/c1-9-11-14-18-38-28(37)23-22-19-21(3)31(39-22)24(23)26(35)32(16-12-13-17-34)25(31)27(36)33(15-10-2)30(7,8)20-29(4,5)6/h9-10,21-25,34H,1-2,11-20H2,3-8H3/t21?,22-,23+,24+,25?,31?/m1/s1. The summed E-state index contributed by atoms with van der Waals surface area (Å²) in [4.78, 5) is 46.0. The Labute approximate surface area is 239 Å². The fourth-order valence-electron chi connectivity index (χ4n) is 7.50. The highest BCUT2D eigenvalue weighted by Gasteiger charge is 2.76. The Balaban J connectivity index is 2.03. The van der Waals surface area contributed by atoms with Crippen molar-refractivity contribution < 1.29 is 24.2 Å². The first-order valence-corrected chi connectivity index (χ1v) is 15.4. The highest BCUT2D eigenvalue weighted by Crippen LogP contribution is 2.69. The molecular formula is C31H50N2O5S. The van der Waals surface area contributed by atoms with Crippen LogP contribution in [0.2, 0.25) is 0 Å². The summed E-state index contributed by atoms with van der Waals surface area (Å²) in [7, 11) is 0. The predicted octanol–water partition coefficient (Wildman–Crippen LogP) is 4.83. The van der Waals surface area contributed by atoms with Gasteiger partial charge in [0.1, 0.15) is 6.04 Å². The monoisotopic (exact) mass is 562 g/mol. The summed E-state index contributed by atoms with van der Waals surface area (Å²) in [5.74, 6) is -1.53. The van der Waals surface area contributed by atoms with Gasteiger partial charge in [-0.15, -0.1) is 24.9 Å². The highest BCUT2D eigenvalue weighted by molar-refractivity contribution is 8.02. The number of thioether (sulfide) groups is 1. The first kappa shape index (κ1) is 31.7. The molecule has 3 aliphatic rings. The highest BCUT2D eigenvalue weighted by atomic mass is 32.2. The van der Waals surface area contributed by atoms with E-state index in [1.807, 2.05) is 4.90 Å². The SMILES string of the molecule is C=CCCCOC(=O)[C@@H]1[C@H]2C(=O)N(CCCCO)C(C(=O)N(CC=C)C(C)(C)CC(C)(C)C)C23S[C@@H]1CC3C. The molecule has 1 N–H and O–H groups in total. The van der Waals surface area contributed by atoms with Gasteiger partial charge in [-0.25, -0.2) is 0 Å². The van der Waals surface area contributed by atoms with Crippen molar-refractivity contribution in [1.82, 2.24) is 9.80 Å². The summed E-state index contributed by atoms with van der Waals surface area (Å²) in [6.07, 6.45) is 7.74. The van der Waals surface area contributed by atoms with Crippen molar-refractivity contribution in [3.05, 3.63) is 25.3 Å². The van der Waals surface area contributed by atoms with Gasteiger partial charge in [-0.1, -0.05) is 39.8 Å². The van der Waals surface area contributed by atoms with Gasteiger partial charge in [0.15, 0.2) is 0 Å². The van der Waals surface area contributed by atoms with E-state index in [-0.39, 0.29) is 41.0 Å². The minimum absolute atomic E-state index is 0.00929. The van der Waals surface area contributed by atoms with Crippen LogP contribution < -0.4 is 0 Å². The minimum atomic E-state index is -0.680. The van der Waals surface area contributed by atoms with E-state index < -0.39 is 28.2 Å². The second-order valence-electron chi connectivity index (χ2n) is 13.4. The molecule has 0 aromatic rings. The van der Waals surface area contributed by atoms with Gasteiger partial charge in [0, 0.05) is 30.5 Å². The lowest BCUT2D eigenvalue weighted by Gasteiger charge is -2.46. The molecule has 3 unspecified atom stereocenters. The molecular weight excluding hydrogens is 512 g/mol. The zero-order valence-electron chi connectivity index (χ0n) is 24.9. The molecule has 3 heterocycles. The third-order valence-electron chi connectivity index (χ3n) is 8.63. The molecule has 3 rings (SSSR count). The predicted molar refractivity (Wildman–Crippen MR) is 157 cm³/mol. The maximum Gasteiger partial charge on any atom is 0.310 e. The quantitative estimate of drug-likeness (QED) is 0.185. The van der Waals surface area contributed by atoms with E-state index >= 15 is 0 Å². The maximum absolute atomic E-state index is 14.7. The van der Waals surface area contributed by atoms with Gasteiger partial charge in [0.25, 0.3) is 0 Å². The Morgan fingerprint density at radius 1 is 1.18 bits per heavy atom. The first-order chi connectivity index (χ1) is 18.3. The molecule has 8 heteroatoms. The van der Waals surface area contributed by atoms with E-state index in [2.05, 4.69) is 54.7 Å². The van der Waals surface area contributed by atoms with Crippen molar-refractivity contribution in [2.45, 2.75) is 102 Å². The molecule has 0 saturated carbocycles. The molecule has 2 amide bonds. The molecule has 7 nitrogen and oxygen atoms in total. The van der Waals surface area contributed by atoms with E-state index in [1.165, 1.54) is 0 Å². The number of amides is 2. The Hall–Kier alpha value is -1.80. The number of ether oxygens (including phenoxy) is 1.